The molecular weight excluding hydrogens is 242 g/mol. The van der Waals surface area contributed by atoms with E-state index >= 15 is 0 Å². The Morgan fingerprint density at radius 1 is 1.47 bits per heavy atom. The molecule has 5 nitrogen and oxygen atoms in total. The summed E-state index contributed by atoms with van der Waals surface area (Å²) in [6, 6.07) is 1.72. The van der Waals surface area contributed by atoms with Crippen LogP contribution in [-0.2, 0) is 4.79 Å². The third-order valence-corrected chi connectivity index (χ3v) is 2.78. The van der Waals surface area contributed by atoms with E-state index in [4.69, 9.17) is 16.3 Å². The van der Waals surface area contributed by atoms with Gasteiger partial charge in [0.15, 0.2) is 0 Å². The topological polar surface area (TPSA) is 55.3 Å². The van der Waals surface area contributed by atoms with Gasteiger partial charge in [0.25, 0.3) is 0 Å². The highest BCUT2D eigenvalue weighted by Gasteiger charge is 2.16. The summed E-state index contributed by atoms with van der Waals surface area (Å²) in [7, 11) is 0. The number of aromatic nitrogens is 2. The quantitative estimate of drug-likeness (QED) is 0.611. The number of halogens is 1. The van der Waals surface area contributed by atoms with E-state index in [1.807, 2.05) is 0 Å². The Labute approximate surface area is 105 Å². The molecule has 0 N–H and O–H groups in total. The van der Waals surface area contributed by atoms with Gasteiger partial charge in [-0.1, -0.05) is 18.5 Å². The summed E-state index contributed by atoms with van der Waals surface area (Å²) >= 11 is 5.89. The molecular formula is C11H14ClN3O2. The van der Waals surface area contributed by atoms with Crippen LogP contribution < -0.4 is 9.64 Å². The maximum absolute atomic E-state index is 11.2. The molecule has 0 aliphatic carbocycles. The number of hydrogen-bond donors (Lipinski definition) is 0. The third kappa shape index (κ3) is 3.06. The Morgan fingerprint density at radius 2 is 2.18 bits per heavy atom. The zero-order valence-corrected chi connectivity index (χ0v) is 10.4. The SMILES string of the molecule is CCC(=O)Oc1nc(Cl)cc(N2CCCC2)n1. The van der Waals surface area contributed by atoms with E-state index in [1.165, 1.54) is 0 Å². The Hall–Kier alpha value is -1.36. The number of hydrogen-bond acceptors (Lipinski definition) is 5. The number of anilines is 1. The van der Waals surface area contributed by atoms with Crippen molar-refractivity contribution in [3.05, 3.63) is 11.2 Å². The second-order valence-electron chi connectivity index (χ2n) is 3.85. The second kappa shape index (κ2) is 5.31. The molecule has 0 bridgehead atoms. The molecule has 1 aromatic rings. The minimum Gasteiger partial charge on any atom is -0.391 e. The van der Waals surface area contributed by atoms with Crippen molar-refractivity contribution in [1.29, 1.82) is 0 Å². The summed E-state index contributed by atoms with van der Waals surface area (Å²) in [5, 5.41) is 0.292. The largest absolute Gasteiger partial charge is 0.391 e. The summed E-state index contributed by atoms with van der Waals surface area (Å²) < 4.78 is 4.97. The lowest BCUT2D eigenvalue weighted by Crippen LogP contribution is -2.20. The van der Waals surface area contributed by atoms with E-state index in [2.05, 4.69) is 14.9 Å². The summed E-state index contributed by atoms with van der Waals surface area (Å²) in [6.45, 7) is 3.62. The van der Waals surface area contributed by atoms with Gasteiger partial charge >= 0.3 is 12.0 Å². The van der Waals surface area contributed by atoms with Crippen molar-refractivity contribution in [2.75, 3.05) is 18.0 Å². The fourth-order valence-corrected chi connectivity index (χ4v) is 1.88. The third-order valence-electron chi connectivity index (χ3n) is 2.58. The number of ether oxygens (including phenoxy) is 1. The Kier molecular flexibility index (Phi) is 3.78. The van der Waals surface area contributed by atoms with Crippen molar-refractivity contribution in [1.82, 2.24) is 9.97 Å². The van der Waals surface area contributed by atoms with Gasteiger partial charge in [-0.15, -0.1) is 0 Å². The van der Waals surface area contributed by atoms with Crippen molar-refractivity contribution in [3.63, 3.8) is 0 Å². The van der Waals surface area contributed by atoms with E-state index in [0.29, 0.717) is 5.15 Å². The molecule has 1 saturated heterocycles. The first-order valence-corrected chi connectivity index (χ1v) is 6.07. The molecule has 0 radical (unpaired) electrons. The lowest BCUT2D eigenvalue weighted by Gasteiger charge is -2.16. The Morgan fingerprint density at radius 3 is 2.82 bits per heavy atom. The molecule has 0 saturated carbocycles. The molecule has 6 heteroatoms. The Balaban J connectivity index is 2.19. The standard InChI is InChI=1S/C11H14ClN3O2/c1-2-10(16)17-11-13-8(12)7-9(14-11)15-5-3-4-6-15/h7H,2-6H2,1H3. The van der Waals surface area contributed by atoms with Gasteiger partial charge in [0, 0.05) is 25.6 Å². The molecule has 17 heavy (non-hydrogen) atoms. The molecule has 0 aromatic carbocycles. The van der Waals surface area contributed by atoms with Crippen LogP contribution in [0.25, 0.3) is 0 Å². The van der Waals surface area contributed by atoms with Crippen molar-refractivity contribution >= 4 is 23.4 Å². The van der Waals surface area contributed by atoms with E-state index in [-0.39, 0.29) is 18.4 Å². The molecule has 0 unspecified atom stereocenters. The lowest BCUT2D eigenvalue weighted by molar-refractivity contribution is -0.134. The van der Waals surface area contributed by atoms with E-state index in [9.17, 15) is 4.79 Å². The molecule has 1 aliphatic rings. The molecule has 2 heterocycles. The van der Waals surface area contributed by atoms with Crippen LogP contribution in [0.1, 0.15) is 26.2 Å². The van der Waals surface area contributed by atoms with Crippen LogP contribution in [-0.4, -0.2) is 29.0 Å². The van der Waals surface area contributed by atoms with Crippen LogP contribution in [0, 0.1) is 0 Å². The smallest absolute Gasteiger partial charge is 0.327 e. The predicted octanol–water partition coefficient (Wildman–Crippen LogP) is 2.05. The Bertz CT molecular complexity index is 419. The van der Waals surface area contributed by atoms with Crippen LogP contribution in [0.2, 0.25) is 5.15 Å². The van der Waals surface area contributed by atoms with Gasteiger partial charge in [0.05, 0.1) is 0 Å². The van der Waals surface area contributed by atoms with Gasteiger partial charge < -0.3 is 9.64 Å². The molecule has 1 aromatic heterocycles. The molecule has 0 amide bonds. The van der Waals surface area contributed by atoms with Gasteiger partial charge in [-0.05, 0) is 12.8 Å². The van der Waals surface area contributed by atoms with Gasteiger partial charge in [0.1, 0.15) is 11.0 Å². The number of esters is 1. The number of carbonyl (C=O) groups is 1. The maximum atomic E-state index is 11.2. The van der Waals surface area contributed by atoms with Gasteiger partial charge in [-0.2, -0.15) is 9.97 Å². The minimum atomic E-state index is -0.361. The number of rotatable bonds is 3. The summed E-state index contributed by atoms with van der Waals surface area (Å²) in [5.74, 6) is 0.362. The lowest BCUT2D eigenvalue weighted by atomic mass is 10.4. The summed E-state index contributed by atoms with van der Waals surface area (Å²) in [6.07, 6.45) is 2.58. The summed E-state index contributed by atoms with van der Waals surface area (Å²) in [5.41, 5.74) is 0. The average molecular weight is 256 g/mol. The highest BCUT2D eigenvalue weighted by atomic mass is 35.5. The van der Waals surface area contributed by atoms with Crippen LogP contribution >= 0.6 is 11.6 Å². The van der Waals surface area contributed by atoms with Crippen molar-refractivity contribution in [3.8, 4) is 6.01 Å². The highest BCUT2D eigenvalue weighted by Crippen LogP contribution is 2.22. The van der Waals surface area contributed by atoms with Crippen LogP contribution in [0.15, 0.2) is 6.07 Å². The van der Waals surface area contributed by atoms with Gasteiger partial charge in [-0.3, -0.25) is 4.79 Å². The zero-order chi connectivity index (χ0) is 12.3. The second-order valence-corrected chi connectivity index (χ2v) is 4.24. The monoisotopic (exact) mass is 255 g/mol. The number of nitrogens with zero attached hydrogens (tertiary/aromatic N) is 3. The molecule has 0 atom stereocenters. The van der Waals surface area contributed by atoms with Crippen molar-refractivity contribution in [2.45, 2.75) is 26.2 Å². The van der Waals surface area contributed by atoms with E-state index < -0.39 is 0 Å². The maximum Gasteiger partial charge on any atom is 0.327 e. The van der Waals surface area contributed by atoms with Crippen LogP contribution in [0.3, 0.4) is 0 Å². The first kappa shape index (κ1) is 12.1. The normalized spacial score (nSPS) is 15.1. The predicted molar refractivity (Wildman–Crippen MR) is 64.4 cm³/mol. The highest BCUT2D eigenvalue weighted by molar-refractivity contribution is 6.29. The van der Waals surface area contributed by atoms with Gasteiger partial charge in [0.2, 0.25) is 0 Å². The molecule has 2 rings (SSSR count). The zero-order valence-electron chi connectivity index (χ0n) is 9.65. The number of carbonyl (C=O) groups excluding carboxylic acids is 1. The molecule has 1 aliphatic heterocycles. The fraction of sp³-hybridized carbons (Fsp3) is 0.545. The van der Waals surface area contributed by atoms with Crippen molar-refractivity contribution in [2.24, 2.45) is 0 Å². The molecule has 0 spiro atoms. The van der Waals surface area contributed by atoms with Crippen LogP contribution in [0.5, 0.6) is 6.01 Å². The minimum absolute atomic E-state index is 0.0336. The summed E-state index contributed by atoms with van der Waals surface area (Å²) in [4.78, 5) is 21.3. The van der Waals surface area contributed by atoms with E-state index in [0.717, 1.165) is 31.7 Å². The molecule has 92 valence electrons. The van der Waals surface area contributed by atoms with Gasteiger partial charge in [-0.25, -0.2) is 0 Å². The fourth-order valence-electron chi connectivity index (χ4n) is 1.71. The van der Waals surface area contributed by atoms with Crippen molar-refractivity contribution < 1.29 is 9.53 Å². The van der Waals surface area contributed by atoms with E-state index in [1.54, 1.807) is 13.0 Å². The first-order valence-electron chi connectivity index (χ1n) is 5.69. The van der Waals surface area contributed by atoms with Crippen LogP contribution in [0.4, 0.5) is 5.82 Å². The first-order chi connectivity index (χ1) is 8.19. The molecule has 1 fully saturated rings. The average Bonchev–Trinajstić information content (AvgIpc) is 2.81.